The van der Waals surface area contributed by atoms with Gasteiger partial charge in [0.15, 0.2) is 11.9 Å². The topological polar surface area (TPSA) is 155 Å². The molecule has 0 atom stereocenters. The van der Waals surface area contributed by atoms with E-state index in [1.807, 2.05) is 18.2 Å². The van der Waals surface area contributed by atoms with Crippen LogP contribution < -0.4 is 11.5 Å². The summed E-state index contributed by atoms with van der Waals surface area (Å²) >= 11 is 5.96. The molecule has 0 saturated heterocycles. The standard InChI is InChI=1S/C10H14ClN5.HNO3/c1-16(9(12)13)10(14)15-6-7-4-2-3-5-8(7)11;2-1(3)4/h2-5H,6H2,1H3,(H3,12,13)(H2,14,15);(H,2,3,4). The summed E-state index contributed by atoms with van der Waals surface area (Å²) in [5.41, 5.74) is 11.8. The van der Waals surface area contributed by atoms with Gasteiger partial charge in [0, 0.05) is 12.1 Å². The molecule has 1 aromatic carbocycles. The van der Waals surface area contributed by atoms with E-state index in [1.165, 1.54) is 4.90 Å². The summed E-state index contributed by atoms with van der Waals surface area (Å²) in [5, 5.41) is 21.5. The summed E-state index contributed by atoms with van der Waals surface area (Å²) in [4.78, 5) is 13.7. The highest BCUT2D eigenvalue weighted by molar-refractivity contribution is 6.31. The lowest BCUT2D eigenvalue weighted by atomic mass is 10.2. The summed E-state index contributed by atoms with van der Waals surface area (Å²) in [5.74, 6) is 0.0350. The Morgan fingerprint density at radius 2 is 2.05 bits per heavy atom. The van der Waals surface area contributed by atoms with Crippen LogP contribution in [0.5, 0.6) is 0 Å². The summed E-state index contributed by atoms with van der Waals surface area (Å²) in [6.07, 6.45) is 0. The minimum Gasteiger partial charge on any atom is -0.370 e. The maximum atomic E-state index is 8.36. The number of guanidine groups is 2. The van der Waals surface area contributed by atoms with Crippen LogP contribution in [-0.4, -0.2) is 34.2 Å². The van der Waals surface area contributed by atoms with E-state index in [1.54, 1.807) is 13.1 Å². The van der Waals surface area contributed by atoms with Gasteiger partial charge in [0.05, 0.1) is 6.54 Å². The Morgan fingerprint density at radius 1 is 1.55 bits per heavy atom. The Bertz CT molecular complexity index is 504. The Kier molecular flexibility index (Phi) is 7.45. The second-order valence-corrected chi connectivity index (χ2v) is 3.86. The van der Waals surface area contributed by atoms with Crippen molar-refractivity contribution < 1.29 is 10.3 Å². The van der Waals surface area contributed by atoms with Crippen LogP contribution in [0.25, 0.3) is 0 Å². The zero-order chi connectivity index (χ0) is 15.7. The van der Waals surface area contributed by atoms with Crippen LogP contribution in [0.2, 0.25) is 5.02 Å². The van der Waals surface area contributed by atoms with Gasteiger partial charge in [-0.2, -0.15) is 0 Å². The first-order valence-electron chi connectivity index (χ1n) is 5.20. The van der Waals surface area contributed by atoms with Gasteiger partial charge in [-0.3, -0.25) is 10.3 Å². The first kappa shape index (κ1) is 17.4. The third-order valence-electron chi connectivity index (χ3n) is 2.07. The summed E-state index contributed by atoms with van der Waals surface area (Å²) < 4.78 is 0. The maximum absolute atomic E-state index is 8.36. The van der Waals surface area contributed by atoms with Crippen LogP contribution >= 0.6 is 11.6 Å². The number of rotatable bonds is 2. The monoisotopic (exact) mass is 302 g/mol. The molecule has 0 amide bonds. The third kappa shape index (κ3) is 7.01. The average molecular weight is 303 g/mol. The first-order valence-corrected chi connectivity index (χ1v) is 5.57. The molecule has 0 aliphatic carbocycles. The first-order chi connectivity index (χ1) is 9.25. The molecule has 0 heterocycles. The van der Waals surface area contributed by atoms with Gasteiger partial charge in [-0.1, -0.05) is 29.8 Å². The van der Waals surface area contributed by atoms with E-state index in [-0.39, 0.29) is 11.9 Å². The van der Waals surface area contributed by atoms with Crippen molar-refractivity contribution >= 4 is 23.5 Å². The van der Waals surface area contributed by atoms with Crippen molar-refractivity contribution in [2.24, 2.45) is 16.5 Å². The van der Waals surface area contributed by atoms with Crippen LogP contribution in [0.4, 0.5) is 0 Å². The van der Waals surface area contributed by atoms with Gasteiger partial charge in [-0.05, 0) is 11.6 Å². The van der Waals surface area contributed by atoms with Crippen molar-refractivity contribution in [1.82, 2.24) is 4.90 Å². The van der Waals surface area contributed by atoms with Gasteiger partial charge < -0.3 is 16.7 Å². The smallest absolute Gasteiger partial charge is 0.291 e. The van der Waals surface area contributed by atoms with Crippen molar-refractivity contribution in [2.45, 2.75) is 6.54 Å². The highest BCUT2D eigenvalue weighted by atomic mass is 35.5. The lowest BCUT2D eigenvalue weighted by Gasteiger charge is -2.15. The van der Waals surface area contributed by atoms with Gasteiger partial charge in [-0.15, -0.1) is 10.1 Å². The molecule has 0 aliphatic rings. The van der Waals surface area contributed by atoms with Gasteiger partial charge in [0.2, 0.25) is 0 Å². The molecule has 0 saturated carbocycles. The molecule has 0 fully saturated rings. The second-order valence-electron chi connectivity index (χ2n) is 3.45. The molecule has 0 radical (unpaired) electrons. The fourth-order valence-electron chi connectivity index (χ4n) is 1.02. The number of halogens is 1. The largest absolute Gasteiger partial charge is 0.370 e. The van der Waals surface area contributed by atoms with Crippen molar-refractivity contribution in [3.8, 4) is 0 Å². The molecule has 0 aromatic heterocycles. The number of aliphatic imine (C=N–C) groups is 1. The normalized spacial score (nSPS) is 10.2. The Morgan fingerprint density at radius 3 is 2.50 bits per heavy atom. The molecule has 20 heavy (non-hydrogen) atoms. The van der Waals surface area contributed by atoms with E-state index in [9.17, 15) is 0 Å². The van der Waals surface area contributed by atoms with E-state index in [4.69, 9.17) is 43.8 Å². The Balaban J connectivity index is 0.000000796. The SMILES string of the molecule is CN(C(=N)N)C(N)=NCc1ccccc1Cl.O=[N+]([O-])O. The van der Waals surface area contributed by atoms with Gasteiger partial charge in [-0.25, -0.2) is 4.99 Å². The maximum Gasteiger partial charge on any atom is 0.291 e. The lowest BCUT2D eigenvalue weighted by molar-refractivity contribution is -0.742. The number of nitrogens with two attached hydrogens (primary N) is 2. The van der Waals surface area contributed by atoms with Crippen LogP contribution in [0.15, 0.2) is 29.3 Å². The van der Waals surface area contributed by atoms with Crippen LogP contribution in [0.3, 0.4) is 0 Å². The zero-order valence-electron chi connectivity index (χ0n) is 10.7. The molecule has 9 nitrogen and oxygen atoms in total. The number of nitrogens with zero attached hydrogens (tertiary/aromatic N) is 3. The minimum absolute atomic E-state index is 0.152. The quantitative estimate of drug-likeness (QED) is 0.272. The number of hydrogen-bond acceptors (Lipinski definition) is 4. The fraction of sp³-hybridized carbons (Fsp3) is 0.200. The number of nitrogens with one attached hydrogen (secondary N) is 1. The molecule has 0 spiro atoms. The van der Waals surface area contributed by atoms with Crippen LogP contribution in [0.1, 0.15) is 5.56 Å². The van der Waals surface area contributed by atoms with Gasteiger partial charge in [0.1, 0.15) is 0 Å². The van der Waals surface area contributed by atoms with Crippen molar-refractivity contribution in [1.29, 1.82) is 5.41 Å². The van der Waals surface area contributed by atoms with E-state index in [2.05, 4.69) is 4.99 Å². The molecular formula is C10H15ClN6O3. The van der Waals surface area contributed by atoms with E-state index in [0.29, 0.717) is 11.6 Å². The van der Waals surface area contributed by atoms with Crippen molar-refractivity contribution in [2.75, 3.05) is 7.05 Å². The summed E-state index contributed by atoms with van der Waals surface area (Å²) in [6, 6.07) is 7.38. The lowest BCUT2D eigenvalue weighted by Crippen LogP contribution is -2.42. The molecule has 0 unspecified atom stereocenters. The Labute approximate surface area is 120 Å². The summed E-state index contributed by atoms with van der Waals surface area (Å²) in [7, 11) is 1.58. The van der Waals surface area contributed by atoms with E-state index < -0.39 is 5.09 Å². The van der Waals surface area contributed by atoms with Gasteiger partial charge in [0.25, 0.3) is 5.09 Å². The van der Waals surface area contributed by atoms with E-state index >= 15 is 0 Å². The zero-order valence-corrected chi connectivity index (χ0v) is 11.4. The molecule has 10 heteroatoms. The van der Waals surface area contributed by atoms with Crippen LogP contribution in [0, 0.1) is 15.5 Å². The average Bonchev–Trinajstić information content (AvgIpc) is 2.35. The van der Waals surface area contributed by atoms with E-state index in [0.717, 1.165) is 5.56 Å². The third-order valence-corrected chi connectivity index (χ3v) is 2.44. The fourth-order valence-corrected chi connectivity index (χ4v) is 1.22. The molecule has 0 aliphatic heterocycles. The Hall–Kier alpha value is -2.55. The molecule has 0 bridgehead atoms. The number of benzene rings is 1. The summed E-state index contributed by atoms with van der Waals surface area (Å²) in [6.45, 7) is 0.364. The predicted octanol–water partition coefficient (Wildman–Crippen LogP) is 0.632. The molecule has 6 N–H and O–H groups in total. The minimum atomic E-state index is -1.50. The highest BCUT2D eigenvalue weighted by Gasteiger charge is 2.04. The highest BCUT2D eigenvalue weighted by Crippen LogP contribution is 2.15. The number of hydrogen-bond donors (Lipinski definition) is 4. The predicted molar refractivity (Wildman–Crippen MR) is 75.2 cm³/mol. The van der Waals surface area contributed by atoms with Crippen LogP contribution in [-0.2, 0) is 6.54 Å². The molecular weight excluding hydrogens is 288 g/mol. The molecule has 110 valence electrons. The molecule has 1 aromatic rings. The van der Waals surface area contributed by atoms with Crippen molar-refractivity contribution in [3.63, 3.8) is 0 Å². The second kappa shape index (κ2) is 8.53. The molecule has 1 rings (SSSR count). The van der Waals surface area contributed by atoms with Crippen molar-refractivity contribution in [3.05, 3.63) is 45.0 Å². The van der Waals surface area contributed by atoms with Gasteiger partial charge >= 0.3 is 0 Å².